The summed E-state index contributed by atoms with van der Waals surface area (Å²) in [6, 6.07) is 13.7. The Bertz CT molecular complexity index is 956. The lowest BCUT2D eigenvalue weighted by Gasteiger charge is -2.18. The van der Waals surface area contributed by atoms with Gasteiger partial charge in [0, 0.05) is 22.9 Å². The standard InChI is InChI=1S/C23H27N3O4S2.ClH/c1-30-23(29)19(10-11-31-2)26-21(27)17-9-8-16(25-22(28)20-13-32-14-24-20)12-18(17)15-6-4-3-5-7-15;/h3-9,12,19-20,24H,10-11,13-14H2,1-2H3,(H,25,28)(H,26,27);1H/t19-,20-;/m0./s1. The minimum atomic E-state index is -0.728. The van der Waals surface area contributed by atoms with Crippen molar-refractivity contribution in [3.05, 3.63) is 54.1 Å². The number of nitrogens with one attached hydrogen (secondary N) is 3. The zero-order chi connectivity index (χ0) is 22.9. The summed E-state index contributed by atoms with van der Waals surface area (Å²) in [4.78, 5) is 37.8. The average Bonchev–Trinajstić information content (AvgIpc) is 3.37. The summed E-state index contributed by atoms with van der Waals surface area (Å²) < 4.78 is 4.85. The largest absolute Gasteiger partial charge is 0.467 e. The van der Waals surface area contributed by atoms with Crippen LogP contribution in [0.25, 0.3) is 11.1 Å². The minimum absolute atomic E-state index is 0. The number of hydrogen-bond acceptors (Lipinski definition) is 7. The number of benzene rings is 2. The van der Waals surface area contributed by atoms with Gasteiger partial charge in [0.05, 0.1) is 13.2 Å². The van der Waals surface area contributed by atoms with Crippen molar-refractivity contribution in [2.24, 2.45) is 0 Å². The lowest BCUT2D eigenvalue weighted by atomic mass is 9.98. The zero-order valence-corrected chi connectivity index (χ0v) is 20.9. The van der Waals surface area contributed by atoms with Gasteiger partial charge in [-0.05, 0) is 47.8 Å². The Labute approximate surface area is 208 Å². The van der Waals surface area contributed by atoms with Crippen molar-refractivity contribution in [3.8, 4) is 11.1 Å². The first-order valence-electron chi connectivity index (χ1n) is 10.2. The first kappa shape index (κ1) is 27.0. The van der Waals surface area contributed by atoms with Crippen molar-refractivity contribution in [1.82, 2.24) is 10.6 Å². The number of carbonyl (C=O) groups excluding carboxylic acids is 3. The van der Waals surface area contributed by atoms with Crippen LogP contribution in [0.5, 0.6) is 0 Å². The number of ether oxygens (including phenoxy) is 1. The van der Waals surface area contributed by atoms with Crippen molar-refractivity contribution in [1.29, 1.82) is 0 Å². The number of carbonyl (C=O) groups is 3. The van der Waals surface area contributed by atoms with Crippen LogP contribution in [0.4, 0.5) is 5.69 Å². The van der Waals surface area contributed by atoms with Crippen LogP contribution in [0.1, 0.15) is 16.8 Å². The third-order valence-corrected chi connectivity index (χ3v) is 6.63. The number of halogens is 1. The molecule has 3 N–H and O–H groups in total. The van der Waals surface area contributed by atoms with Crippen LogP contribution < -0.4 is 16.0 Å². The molecule has 2 atom stereocenters. The fourth-order valence-electron chi connectivity index (χ4n) is 3.33. The molecule has 0 radical (unpaired) electrons. The van der Waals surface area contributed by atoms with Crippen LogP contribution in [-0.2, 0) is 14.3 Å². The second-order valence-electron chi connectivity index (χ2n) is 7.22. The molecule has 1 aliphatic heterocycles. The van der Waals surface area contributed by atoms with Gasteiger partial charge in [-0.3, -0.25) is 14.9 Å². The number of thioether (sulfide) groups is 2. The van der Waals surface area contributed by atoms with Crippen LogP contribution in [0, 0.1) is 0 Å². The van der Waals surface area contributed by atoms with E-state index in [2.05, 4.69) is 16.0 Å². The molecule has 2 aromatic carbocycles. The predicted octanol–water partition coefficient (Wildman–Crippen LogP) is 3.40. The molecule has 33 heavy (non-hydrogen) atoms. The number of methoxy groups -OCH3 is 1. The maximum atomic E-state index is 13.1. The van der Waals surface area contributed by atoms with Gasteiger partial charge in [0.1, 0.15) is 6.04 Å². The van der Waals surface area contributed by atoms with Gasteiger partial charge >= 0.3 is 5.97 Å². The van der Waals surface area contributed by atoms with Gasteiger partial charge in [-0.15, -0.1) is 24.2 Å². The summed E-state index contributed by atoms with van der Waals surface area (Å²) in [5, 5.41) is 8.89. The summed E-state index contributed by atoms with van der Waals surface area (Å²) in [6.45, 7) is 0. The molecule has 10 heteroatoms. The lowest BCUT2D eigenvalue weighted by molar-refractivity contribution is -0.142. The van der Waals surface area contributed by atoms with Gasteiger partial charge < -0.3 is 15.4 Å². The summed E-state index contributed by atoms with van der Waals surface area (Å²) in [5.74, 6) is 1.25. The van der Waals surface area contributed by atoms with Gasteiger partial charge in [-0.1, -0.05) is 30.3 Å². The highest BCUT2D eigenvalue weighted by atomic mass is 35.5. The molecule has 2 amide bonds. The van der Waals surface area contributed by atoms with E-state index in [4.69, 9.17) is 4.74 Å². The van der Waals surface area contributed by atoms with Crippen LogP contribution in [-0.4, -0.2) is 60.6 Å². The molecule has 2 aromatic rings. The quantitative estimate of drug-likeness (QED) is 0.446. The second-order valence-corrected chi connectivity index (χ2v) is 9.23. The Morgan fingerprint density at radius 3 is 2.61 bits per heavy atom. The topological polar surface area (TPSA) is 96.5 Å². The Morgan fingerprint density at radius 2 is 1.97 bits per heavy atom. The number of hydrogen-bond donors (Lipinski definition) is 3. The molecule has 7 nitrogen and oxygen atoms in total. The molecule has 1 aliphatic rings. The molecule has 0 aliphatic carbocycles. The van der Waals surface area contributed by atoms with Crippen LogP contribution in [0.3, 0.4) is 0 Å². The fourth-order valence-corrected chi connectivity index (χ4v) is 4.75. The van der Waals surface area contributed by atoms with E-state index in [0.717, 1.165) is 17.2 Å². The van der Waals surface area contributed by atoms with E-state index in [-0.39, 0.29) is 30.3 Å². The molecule has 1 fully saturated rings. The van der Waals surface area contributed by atoms with Gasteiger partial charge in [0.15, 0.2) is 0 Å². The highest BCUT2D eigenvalue weighted by Crippen LogP contribution is 2.28. The number of esters is 1. The third kappa shape index (κ3) is 7.40. The molecular weight excluding hydrogens is 482 g/mol. The third-order valence-electron chi connectivity index (χ3n) is 5.05. The van der Waals surface area contributed by atoms with E-state index in [1.807, 2.05) is 36.6 Å². The average molecular weight is 510 g/mol. The molecule has 3 rings (SSSR count). The lowest BCUT2D eigenvalue weighted by Crippen LogP contribution is -2.42. The van der Waals surface area contributed by atoms with Crippen molar-refractivity contribution in [3.63, 3.8) is 0 Å². The maximum absolute atomic E-state index is 13.1. The summed E-state index contributed by atoms with van der Waals surface area (Å²) in [5.41, 5.74) is 2.53. The molecule has 1 saturated heterocycles. The van der Waals surface area contributed by atoms with Gasteiger partial charge in [0.25, 0.3) is 5.91 Å². The number of amides is 2. The maximum Gasteiger partial charge on any atom is 0.328 e. The molecule has 0 unspecified atom stereocenters. The summed E-state index contributed by atoms with van der Waals surface area (Å²) in [7, 11) is 1.31. The van der Waals surface area contributed by atoms with E-state index in [1.54, 1.807) is 41.7 Å². The summed E-state index contributed by atoms with van der Waals surface area (Å²) >= 11 is 3.27. The molecule has 0 bridgehead atoms. The smallest absolute Gasteiger partial charge is 0.328 e. The second kappa shape index (κ2) is 13.5. The van der Waals surface area contributed by atoms with Crippen molar-refractivity contribution in [2.45, 2.75) is 18.5 Å². The van der Waals surface area contributed by atoms with E-state index in [0.29, 0.717) is 29.0 Å². The zero-order valence-electron chi connectivity index (χ0n) is 18.5. The molecule has 0 aromatic heterocycles. The Morgan fingerprint density at radius 1 is 1.21 bits per heavy atom. The van der Waals surface area contributed by atoms with Gasteiger partial charge in [-0.25, -0.2) is 4.79 Å². The van der Waals surface area contributed by atoms with Crippen LogP contribution in [0.2, 0.25) is 0 Å². The van der Waals surface area contributed by atoms with Crippen LogP contribution >= 0.6 is 35.9 Å². The molecule has 0 spiro atoms. The molecule has 1 heterocycles. The van der Waals surface area contributed by atoms with E-state index < -0.39 is 12.0 Å². The molecule has 0 saturated carbocycles. The Balaban J connectivity index is 0.00000385. The van der Waals surface area contributed by atoms with Crippen molar-refractivity contribution in [2.75, 3.05) is 36.1 Å². The monoisotopic (exact) mass is 509 g/mol. The minimum Gasteiger partial charge on any atom is -0.467 e. The van der Waals surface area contributed by atoms with Crippen molar-refractivity contribution >= 4 is 59.4 Å². The SMILES string of the molecule is COC(=O)[C@H](CCSC)NC(=O)c1ccc(NC(=O)[C@@H]2CSCN2)cc1-c1ccccc1.Cl. The van der Waals surface area contributed by atoms with Gasteiger partial charge in [0.2, 0.25) is 5.91 Å². The first-order valence-corrected chi connectivity index (χ1v) is 12.8. The first-order chi connectivity index (χ1) is 15.5. The summed E-state index contributed by atoms with van der Waals surface area (Å²) in [6.07, 6.45) is 2.41. The van der Waals surface area contributed by atoms with Gasteiger partial charge in [-0.2, -0.15) is 11.8 Å². The molecule has 178 valence electrons. The van der Waals surface area contributed by atoms with Crippen LogP contribution in [0.15, 0.2) is 48.5 Å². The Kier molecular flexibility index (Phi) is 11.1. The highest BCUT2D eigenvalue weighted by molar-refractivity contribution is 7.99. The Hall–Kier alpha value is -2.20. The van der Waals surface area contributed by atoms with E-state index in [9.17, 15) is 14.4 Å². The normalized spacial score (nSPS) is 15.8. The number of anilines is 1. The fraction of sp³-hybridized carbons (Fsp3) is 0.348. The predicted molar refractivity (Wildman–Crippen MR) is 138 cm³/mol. The molecular formula is C23H28ClN3O4S2. The van der Waals surface area contributed by atoms with E-state index in [1.165, 1.54) is 7.11 Å². The van der Waals surface area contributed by atoms with E-state index >= 15 is 0 Å². The van der Waals surface area contributed by atoms with Crippen molar-refractivity contribution < 1.29 is 19.1 Å². The highest BCUT2D eigenvalue weighted by Gasteiger charge is 2.25. The number of rotatable bonds is 9.